The van der Waals surface area contributed by atoms with Crippen LogP contribution in [-0.4, -0.2) is 11.1 Å². The number of benzene rings is 2. The summed E-state index contributed by atoms with van der Waals surface area (Å²) in [5.74, 6) is -0.451. The second-order valence-electron chi connectivity index (χ2n) is 4.26. The Bertz CT molecular complexity index is 654. The highest BCUT2D eigenvalue weighted by Gasteiger charge is 2.11. The summed E-state index contributed by atoms with van der Waals surface area (Å²) < 4.78 is 5.64. The van der Waals surface area contributed by atoms with E-state index in [4.69, 9.17) is 33.0 Å². The number of carbonyl (C=O) groups is 1. The van der Waals surface area contributed by atoms with Gasteiger partial charge in [0.15, 0.2) is 0 Å². The minimum absolute atomic E-state index is 0.227. The third kappa shape index (κ3) is 3.24. The van der Waals surface area contributed by atoms with E-state index in [1.165, 1.54) is 0 Å². The van der Waals surface area contributed by atoms with Crippen molar-refractivity contribution in [2.45, 2.75) is 13.5 Å². The van der Waals surface area contributed by atoms with E-state index in [1.54, 1.807) is 43.3 Å². The van der Waals surface area contributed by atoms with Crippen molar-refractivity contribution in [1.82, 2.24) is 0 Å². The van der Waals surface area contributed by atoms with Gasteiger partial charge in [-0.1, -0.05) is 35.3 Å². The Morgan fingerprint density at radius 1 is 1.25 bits per heavy atom. The van der Waals surface area contributed by atoms with Gasteiger partial charge in [0.1, 0.15) is 12.4 Å². The predicted octanol–water partition coefficient (Wildman–Crippen LogP) is 4.58. The summed E-state index contributed by atoms with van der Waals surface area (Å²) in [6, 6.07) is 10.1. The second kappa shape index (κ2) is 6.16. The molecule has 2 rings (SSSR count). The van der Waals surface area contributed by atoms with Gasteiger partial charge in [0.25, 0.3) is 0 Å². The minimum Gasteiger partial charge on any atom is -0.489 e. The molecule has 0 fully saturated rings. The fourth-order valence-corrected chi connectivity index (χ4v) is 2.26. The number of ether oxygens (including phenoxy) is 1. The molecule has 0 aliphatic rings. The molecule has 2 aromatic carbocycles. The summed E-state index contributed by atoms with van der Waals surface area (Å²) >= 11 is 11.9. The number of carboxylic acid groups (broad SMARTS) is 1. The van der Waals surface area contributed by atoms with Gasteiger partial charge < -0.3 is 9.84 Å². The molecule has 0 bridgehead atoms. The van der Waals surface area contributed by atoms with E-state index in [0.717, 1.165) is 5.56 Å². The van der Waals surface area contributed by atoms with Gasteiger partial charge in [-0.2, -0.15) is 0 Å². The maximum absolute atomic E-state index is 11.0. The van der Waals surface area contributed by atoms with Crippen LogP contribution >= 0.6 is 23.2 Å². The van der Waals surface area contributed by atoms with Crippen LogP contribution in [0.1, 0.15) is 21.5 Å². The Morgan fingerprint density at radius 2 is 2.00 bits per heavy atom. The van der Waals surface area contributed by atoms with Crippen LogP contribution in [0.25, 0.3) is 0 Å². The molecule has 0 amide bonds. The molecule has 20 heavy (non-hydrogen) atoms. The van der Waals surface area contributed by atoms with E-state index in [-0.39, 0.29) is 12.2 Å². The van der Waals surface area contributed by atoms with Crippen LogP contribution in [-0.2, 0) is 6.61 Å². The Kier molecular flexibility index (Phi) is 4.53. The van der Waals surface area contributed by atoms with Crippen LogP contribution in [0.15, 0.2) is 36.4 Å². The SMILES string of the molecule is Cc1c(OCc2ccc(Cl)cc2Cl)cccc1C(=O)O. The predicted molar refractivity (Wildman–Crippen MR) is 78.9 cm³/mol. The molecule has 1 N–H and O–H groups in total. The van der Waals surface area contributed by atoms with Crippen molar-refractivity contribution in [3.63, 3.8) is 0 Å². The zero-order valence-electron chi connectivity index (χ0n) is 10.7. The molecule has 0 heterocycles. The number of carboxylic acids is 1. The van der Waals surface area contributed by atoms with Gasteiger partial charge in [-0.05, 0) is 31.2 Å². The lowest BCUT2D eigenvalue weighted by Gasteiger charge is -2.12. The number of hydrogen-bond donors (Lipinski definition) is 1. The zero-order valence-corrected chi connectivity index (χ0v) is 12.2. The van der Waals surface area contributed by atoms with Crippen molar-refractivity contribution < 1.29 is 14.6 Å². The van der Waals surface area contributed by atoms with Crippen molar-refractivity contribution in [1.29, 1.82) is 0 Å². The van der Waals surface area contributed by atoms with E-state index >= 15 is 0 Å². The molecular formula is C15H12Cl2O3. The highest BCUT2D eigenvalue weighted by molar-refractivity contribution is 6.35. The normalized spacial score (nSPS) is 10.3. The molecule has 0 spiro atoms. The van der Waals surface area contributed by atoms with Crippen molar-refractivity contribution in [3.8, 4) is 5.75 Å². The third-order valence-corrected chi connectivity index (χ3v) is 3.50. The van der Waals surface area contributed by atoms with E-state index in [2.05, 4.69) is 0 Å². The molecule has 0 unspecified atom stereocenters. The Hall–Kier alpha value is -1.71. The molecule has 0 aromatic heterocycles. The van der Waals surface area contributed by atoms with E-state index in [1.807, 2.05) is 0 Å². The van der Waals surface area contributed by atoms with E-state index < -0.39 is 5.97 Å². The monoisotopic (exact) mass is 310 g/mol. The summed E-state index contributed by atoms with van der Waals surface area (Å²) in [4.78, 5) is 11.0. The lowest BCUT2D eigenvalue weighted by Crippen LogP contribution is -2.03. The number of rotatable bonds is 4. The Balaban J connectivity index is 2.19. The summed E-state index contributed by atoms with van der Waals surface area (Å²) in [5.41, 5.74) is 1.60. The number of hydrogen-bond acceptors (Lipinski definition) is 2. The molecule has 0 aliphatic heterocycles. The molecule has 0 aliphatic carbocycles. The minimum atomic E-state index is -0.975. The van der Waals surface area contributed by atoms with Crippen molar-refractivity contribution in [2.75, 3.05) is 0 Å². The maximum Gasteiger partial charge on any atom is 0.336 e. The third-order valence-electron chi connectivity index (χ3n) is 2.91. The maximum atomic E-state index is 11.0. The summed E-state index contributed by atoms with van der Waals surface area (Å²) in [7, 11) is 0. The van der Waals surface area contributed by atoms with Gasteiger partial charge in [-0.3, -0.25) is 0 Å². The van der Waals surface area contributed by atoms with E-state index in [9.17, 15) is 4.79 Å². The summed E-state index contributed by atoms with van der Waals surface area (Å²) in [5, 5.41) is 10.1. The summed E-state index contributed by atoms with van der Waals surface area (Å²) in [6.07, 6.45) is 0. The van der Waals surface area contributed by atoms with Crippen molar-refractivity contribution in [2.24, 2.45) is 0 Å². The number of aromatic carboxylic acids is 1. The fourth-order valence-electron chi connectivity index (χ4n) is 1.80. The Labute approximate surface area is 126 Å². The highest BCUT2D eigenvalue weighted by Crippen LogP contribution is 2.25. The highest BCUT2D eigenvalue weighted by atomic mass is 35.5. The smallest absolute Gasteiger partial charge is 0.336 e. The molecule has 104 valence electrons. The number of halogens is 2. The van der Waals surface area contributed by atoms with Gasteiger partial charge in [0.05, 0.1) is 5.56 Å². The van der Waals surface area contributed by atoms with Crippen LogP contribution in [0.3, 0.4) is 0 Å². The second-order valence-corrected chi connectivity index (χ2v) is 5.10. The lowest BCUT2D eigenvalue weighted by atomic mass is 10.1. The van der Waals surface area contributed by atoms with Crippen LogP contribution in [0.2, 0.25) is 10.0 Å². The largest absolute Gasteiger partial charge is 0.489 e. The van der Waals surface area contributed by atoms with Crippen LogP contribution in [0.4, 0.5) is 0 Å². The fraction of sp³-hybridized carbons (Fsp3) is 0.133. The molecular weight excluding hydrogens is 299 g/mol. The van der Waals surface area contributed by atoms with E-state index in [0.29, 0.717) is 21.4 Å². The van der Waals surface area contributed by atoms with Crippen LogP contribution in [0.5, 0.6) is 5.75 Å². The van der Waals surface area contributed by atoms with Crippen molar-refractivity contribution in [3.05, 3.63) is 63.1 Å². The zero-order chi connectivity index (χ0) is 14.7. The molecule has 0 saturated heterocycles. The topological polar surface area (TPSA) is 46.5 Å². The molecule has 2 aromatic rings. The van der Waals surface area contributed by atoms with Gasteiger partial charge in [0, 0.05) is 21.2 Å². The average Bonchev–Trinajstić information content (AvgIpc) is 2.39. The van der Waals surface area contributed by atoms with Crippen LogP contribution < -0.4 is 4.74 Å². The molecule has 0 radical (unpaired) electrons. The first-order valence-electron chi connectivity index (χ1n) is 5.88. The first kappa shape index (κ1) is 14.7. The first-order valence-corrected chi connectivity index (χ1v) is 6.64. The first-order chi connectivity index (χ1) is 9.49. The lowest BCUT2D eigenvalue weighted by molar-refractivity contribution is 0.0695. The van der Waals surface area contributed by atoms with Gasteiger partial charge >= 0.3 is 5.97 Å². The average molecular weight is 311 g/mol. The van der Waals surface area contributed by atoms with Gasteiger partial charge in [0.2, 0.25) is 0 Å². The van der Waals surface area contributed by atoms with Crippen LogP contribution in [0, 0.1) is 6.92 Å². The standard InChI is InChI=1S/C15H12Cl2O3/c1-9-12(15(18)19)3-2-4-14(9)20-8-10-5-6-11(16)7-13(10)17/h2-7H,8H2,1H3,(H,18,19). The summed E-state index contributed by atoms with van der Waals surface area (Å²) in [6.45, 7) is 1.96. The quantitative estimate of drug-likeness (QED) is 0.899. The Morgan fingerprint density at radius 3 is 2.65 bits per heavy atom. The van der Waals surface area contributed by atoms with Crippen molar-refractivity contribution >= 4 is 29.2 Å². The van der Waals surface area contributed by atoms with Gasteiger partial charge in [-0.15, -0.1) is 0 Å². The van der Waals surface area contributed by atoms with Gasteiger partial charge in [-0.25, -0.2) is 4.79 Å². The molecule has 5 heteroatoms. The molecule has 3 nitrogen and oxygen atoms in total. The molecule has 0 saturated carbocycles. The molecule has 0 atom stereocenters.